The van der Waals surface area contributed by atoms with Crippen LogP contribution in [0.2, 0.25) is 0 Å². The summed E-state index contributed by atoms with van der Waals surface area (Å²) >= 11 is 0. The number of benzene rings is 2. The van der Waals surface area contributed by atoms with E-state index in [2.05, 4.69) is 10.6 Å². The van der Waals surface area contributed by atoms with Crippen LogP contribution in [0.1, 0.15) is 5.56 Å². The molecule has 2 N–H and O–H groups in total. The molecule has 0 radical (unpaired) electrons. The first-order valence-corrected chi connectivity index (χ1v) is 6.90. The first-order valence-electron chi connectivity index (χ1n) is 6.90. The Hall–Kier alpha value is -2.44. The lowest BCUT2D eigenvalue weighted by molar-refractivity contribution is 0.288. The molecule has 0 saturated carbocycles. The van der Waals surface area contributed by atoms with Gasteiger partial charge in [0.2, 0.25) is 0 Å². The third-order valence-corrected chi connectivity index (χ3v) is 3.50. The fourth-order valence-electron chi connectivity index (χ4n) is 2.43. The summed E-state index contributed by atoms with van der Waals surface area (Å²) in [6.45, 7) is 0.720. The predicted molar refractivity (Wildman–Crippen MR) is 84.9 cm³/mol. The predicted octanol–water partition coefficient (Wildman–Crippen LogP) is 2.05. The van der Waals surface area contributed by atoms with Crippen molar-refractivity contribution in [3.05, 3.63) is 60.3 Å². The van der Waals surface area contributed by atoms with Crippen molar-refractivity contribution in [2.45, 2.75) is 6.54 Å². The topological polar surface area (TPSA) is 63.9 Å². The summed E-state index contributed by atoms with van der Waals surface area (Å²) in [6.07, 6.45) is 2.03. The standard InChI is InChI=1S/C16H16BNO4/c1-21-15-6-7-16-13(10-15)8-9-18(16)11-12-2-4-14(5-3-12)22-17(19)20/h2-10,19-20H,11H2,1H3. The van der Waals surface area contributed by atoms with Gasteiger partial charge in [-0.15, -0.1) is 0 Å². The van der Waals surface area contributed by atoms with E-state index in [1.165, 1.54) is 0 Å². The summed E-state index contributed by atoms with van der Waals surface area (Å²) in [5.41, 5.74) is 2.22. The van der Waals surface area contributed by atoms with Crippen LogP contribution >= 0.6 is 0 Å². The molecule has 0 saturated heterocycles. The minimum atomic E-state index is -1.80. The molecular formula is C16H16BNO4. The number of hydrogen-bond donors (Lipinski definition) is 2. The molecule has 112 valence electrons. The Kier molecular flexibility index (Phi) is 4.04. The zero-order valence-corrected chi connectivity index (χ0v) is 12.1. The highest BCUT2D eigenvalue weighted by atomic mass is 16.6. The van der Waals surface area contributed by atoms with E-state index < -0.39 is 7.32 Å². The van der Waals surface area contributed by atoms with E-state index in [1.54, 1.807) is 19.2 Å². The lowest BCUT2D eigenvalue weighted by Crippen LogP contribution is -2.20. The number of methoxy groups -OCH3 is 1. The molecule has 0 spiro atoms. The van der Waals surface area contributed by atoms with Gasteiger partial charge in [0, 0.05) is 23.6 Å². The molecule has 0 unspecified atom stereocenters. The smallest absolute Gasteiger partial charge is 0.512 e. The summed E-state index contributed by atoms with van der Waals surface area (Å²) < 4.78 is 12.2. The quantitative estimate of drug-likeness (QED) is 0.707. The second kappa shape index (κ2) is 6.13. The molecule has 1 heterocycles. The molecule has 0 aliphatic heterocycles. The zero-order valence-electron chi connectivity index (χ0n) is 12.1. The van der Waals surface area contributed by atoms with Gasteiger partial charge in [-0.3, -0.25) is 0 Å². The molecule has 2 aromatic carbocycles. The Bertz CT molecular complexity index is 767. The highest BCUT2D eigenvalue weighted by Gasteiger charge is 2.10. The number of rotatable bonds is 5. The summed E-state index contributed by atoms with van der Waals surface area (Å²) in [5.74, 6) is 1.26. The molecule has 0 amide bonds. The molecule has 5 nitrogen and oxygen atoms in total. The monoisotopic (exact) mass is 297 g/mol. The van der Waals surface area contributed by atoms with Crippen LogP contribution in [0.3, 0.4) is 0 Å². The lowest BCUT2D eigenvalue weighted by atomic mass is 10.2. The maximum Gasteiger partial charge on any atom is 0.707 e. The molecular weight excluding hydrogens is 281 g/mol. The molecule has 6 heteroatoms. The minimum absolute atomic E-state index is 0.417. The van der Waals surface area contributed by atoms with Gasteiger partial charge in [-0.05, 0) is 42.0 Å². The molecule has 0 bridgehead atoms. The number of hydrogen-bond acceptors (Lipinski definition) is 4. The van der Waals surface area contributed by atoms with Crippen LogP contribution in [0, 0.1) is 0 Å². The number of ether oxygens (including phenoxy) is 1. The largest absolute Gasteiger partial charge is 0.707 e. The van der Waals surface area contributed by atoms with Crippen molar-refractivity contribution in [1.82, 2.24) is 4.57 Å². The van der Waals surface area contributed by atoms with Crippen LogP contribution in [0.5, 0.6) is 11.5 Å². The van der Waals surface area contributed by atoms with Crippen LogP contribution in [0.15, 0.2) is 54.7 Å². The fraction of sp³-hybridized carbons (Fsp3) is 0.125. The van der Waals surface area contributed by atoms with Crippen molar-refractivity contribution in [3.8, 4) is 11.5 Å². The van der Waals surface area contributed by atoms with Gasteiger partial charge in [0.15, 0.2) is 0 Å². The molecule has 3 aromatic rings. The highest BCUT2D eigenvalue weighted by molar-refractivity contribution is 6.33. The van der Waals surface area contributed by atoms with E-state index in [0.717, 1.165) is 28.8 Å². The third kappa shape index (κ3) is 3.08. The highest BCUT2D eigenvalue weighted by Crippen LogP contribution is 2.23. The molecule has 1 aromatic heterocycles. The van der Waals surface area contributed by atoms with Crippen LogP contribution in [0.4, 0.5) is 0 Å². The molecule has 3 rings (SSSR count). The van der Waals surface area contributed by atoms with Gasteiger partial charge in [-0.1, -0.05) is 12.1 Å². The van der Waals surface area contributed by atoms with Crippen molar-refractivity contribution in [2.24, 2.45) is 0 Å². The van der Waals surface area contributed by atoms with E-state index in [0.29, 0.717) is 5.75 Å². The number of fused-ring (bicyclic) bond motifs is 1. The Labute approximate surface area is 128 Å². The van der Waals surface area contributed by atoms with E-state index in [-0.39, 0.29) is 0 Å². The zero-order chi connectivity index (χ0) is 15.5. The summed E-state index contributed by atoms with van der Waals surface area (Å²) in [4.78, 5) is 0. The molecule has 0 fully saturated rings. The fourth-order valence-corrected chi connectivity index (χ4v) is 2.43. The van der Waals surface area contributed by atoms with Crippen LogP contribution in [-0.2, 0) is 6.54 Å². The first-order chi connectivity index (χ1) is 10.7. The van der Waals surface area contributed by atoms with Gasteiger partial charge in [0.05, 0.1) is 7.11 Å². The van der Waals surface area contributed by atoms with E-state index in [1.807, 2.05) is 36.5 Å². The van der Waals surface area contributed by atoms with Gasteiger partial charge >= 0.3 is 7.32 Å². The maximum atomic E-state index is 8.76. The average Bonchev–Trinajstić information content (AvgIpc) is 2.91. The molecule has 22 heavy (non-hydrogen) atoms. The van der Waals surface area contributed by atoms with E-state index in [9.17, 15) is 0 Å². The lowest BCUT2D eigenvalue weighted by Gasteiger charge is -2.08. The second-order valence-corrected chi connectivity index (χ2v) is 4.96. The SMILES string of the molecule is COc1ccc2c(ccn2Cc2ccc(OB(O)O)cc2)c1. The van der Waals surface area contributed by atoms with Crippen molar-refractivity contribution in [3.63, 3.8) is 0 Å². The second-order valence-electron chi connectivity index (χ2n) is 4.96. The van der Waals surface area contributed by atoms with Crippen molar-refractivity contribution < 1.29 is 19.4 Å². The third-order valence-electron chi connectivity index (χ3n) is 3.50. The van der Waals surface area contributed by atoms with Gasteiger partial charge in [0.1, 0.15) is 11.5 Å². The van der Waals surface area contributed by atoms with Crippen LogP contribution in [-0.4, -0.2) is 29.0 Å². The summed E-state index contributed by atoms with van der Waals surface area (Å²) in [7, 11) is -0.139. The molecule has 0 atom stereocenters. The average molecular weight is 297 g/mol. The Balaban J connectivity index is 1.81. The Morgan fingerprint density at radius 1 is 1.00 bits per heavy atom. The van der Waals surface area contributed by atoms with Gasteiger partial charge in [-0.25, -0.2) is 0 Å². The van der Waals surface area contributed by atoms with Crippen molar-refractivity contribution in [1.29, 1.82) is 0 Å². The normalized spacial score (nSPS) is 10.7. The van der Waals surface area contributed by atoms with Crippen molar-refractivity contribution in [2.75, 3.05) is 7.11 Å². The summed E-state index contributed by atoms with van der Waals surface area (Å²) in [5, 5.41) is 18.7. The van der Waals surface area contributed by atoms with E-state index >= 15 is 0 Å². The Morgan fingerprint density at radius 2 is 1.73 bits per heavy atom. The van der Waals surface area contributed by atoms with Gasteiger partial charge in [-0.2, -0.15) is 0 Å². The summed E-state index contributed by atoms with van der Waals surface area (Å²) in [6, 6.07) is 15.3. The van der Waals surface area contributed by atoms with E-state index in [4.69, 9.17) is 19.4 Å². The molecule has 0 aliphatic rings. The van der Waals surface area contributed by atoms with Crippen LogP contribution < -0.4 is 9.39 Å². The van der Waals surface area contributed by atoms with Gasteiger partial charge < -0.3 is 24.0 Å². The number of nitrogens with zero attached hydrogens (tertiary/aromatic N) is 1. The van der Waals surface area contributed by atoms with Crippen LogP contribution in [0.25, 0.3) is 10.9 Å². The minimum Gasteiger partial charge on any atom is -0.512 e. The Morgan fingerprint density at radius 3 is 2.41 bits per heavy atom. The first kappa shape index (κ1) is 14.5. The molecule has 0 aliphatic carbocycles. The van der Waals surface area contributed by atoms with Crippen molar-refractivity contribution >= 4 is 18.2 Å². The van der Waals surface area contributed by atoms with Gasteiger partial charge in [0.25, 0.3) is 0 Å². The maximum absolute atomic E-state index is 8.76. The number of aromatic nitrogens is 1.